The van der Waals surface area contributed by atoms with E-state index in [-0.39, 0.29) is 11.0 Å². The summed E-state index contributed by atoms with van der Waals surface area (Å²) in [6.07, 6.45) is 2.91. The Morgan fingerprint density at radius 1 is 0.897 bits per heavy atom. The molecule has 1 saturated heterocycles. The first-order chi connectivity index (χ1) is 18.6. The van der Waals surface area contributed by atoms with E-state index in [1.807, 2.05) is 45.0 Å². The Hall–Kier alpha value is -4.05. The zero-order valence-electron chi connectivity index (χ0n) is 22.5. The highest BCUT2D eigenvalue weighted by molar-refractivity contribution is 7.90. The molecule has 0 saturated carbocycles. The lowest BCUT2D eigenvalue weighted by atomic mass is 10.0. The van der Waals surface area contributed by atoms with Gasteiger partial charge in [-0.2, -0.15) is 0 Å². The van der Waals surface area contributed by atoms with Crippen molar-refractivity contribution in [3.05, 3.63) is 73.1 Å². The van der Waals surface area contributed by atoms with E-state index < -0.39 is 15.6 Å². The molecule has 4 aromatic rings. The summed E-state index contributed by atoms with van der Waals surface area (Å²) in [7, 11) is -2.24. The van der Waals surface area contributed by atoms with Crippen molar-refractivity contribution < 1.29 is 22.7 Å². The summed E-state index contributed by atoms with van der Waals surface area (Å²) >= 11 is 0. The number of hydrogen-bond acceptors (Lipinski definition) is 7. The van der Waals surface area contributed by atoms with Gasteiger partial charge in [-0.15, -0.1) is 0 Å². The fourth-order valence-electron chi connectivity index (χ4n) is 4.79. The lowest BCUT2D eigenvalue weighted by molar-refractivity contribution is 0.0240. The molecule has 1 amide bonds. The molecule has 2 aromatic heterocycles. The van der Waals surface area contributed by atoms with Gasteiger partial charge in [-0.1, -0.05) is 36.4 Å². The Morgan fingerprint density at radius 2 is 1.56 bits per heavy atom. The molecule has 1 aliphatic heterocycles. The number of benzene rings is 2. The Balaban J connectivity index is 1.60. The van der Waals surface area contributed by atoms with Gasteiger partial charge in [-0.05, 0) is 45.0 Å². The molecule has 3 heterocycles. The molecule has 1 aliphatic rings. The monoisotopic (exact) mass is 548 g/mol. The summed E-state index contributed by atoms with van der Waals surface area (Å²) in [6.45, 7) is 7.56. The lowest BCUT2D eigenvalue weighted by Gasteiger charge is -2.37. The number of hydrogen-bond donors (Lipinski definition) is 0. The van der Waals surface area contributed by atoms with Crippen LogP contribution in [0.3, 0.4) is 0 Å². The van der Waals surface area contributed by atoms with Gasteiger partial charge in [-0.25, -0.2) is 22.2 Å². The maximum Gasteiger partial charge on any atom is 0.410 e. The number of rotatable bonds is 5. The number of amides is 1. The number of pyridine rings is 1. The highest BCUT2D eigenvalue weighted by atomic mass is 32.2. The van der Waals surface area contributed by atoms with E-state index in [0.29, 0.717) is 43.0 Å². The first kappa shape index (κ1) is 26.6. The van der Waals surface area contributed by atoms with E-state index >= 15 is 0 Å². The van der Waals surface area contributed by atoms with Gasteiger partial charge < -0.3 is 19.3 Å². The molecule has 0 N–H and O–H groups in total. The Labute approximate surface area is 228 Å². The van der Waals surface area contributed by atoms with Gasteiger partial charge in [0, 0.05) is 55.1 Å². The summed E-state index contributed by atoms with van der Waals surface area (Å²) in [5, 5.41) is 0.698. The molecular weight excluding hydrogens is 516 g/mol. The van der Waals surface area contributed by atoms with Crippen LogP contribution in [0.4, 0.5) is 10.5 Å². The number of aromatic nitrogens is 2. The van der Waals surface area contributed by atoms with Crippen LogP contribution in [-0.4, -0.2) is 67.3 Å². The molecule has 9 nitrogen and oxygen atoms in total. The second-order valence-corrected chi connectivity index (χ2v) is 12.2. The smallest absolute Gasteiger partial charge is 0.410 e. The van der Waals surface area contributed by atoms with Crippen LogP contribution >= 0.6 is 0 Å². The van der Waals surface area contributed by atoms with Crippen LogP contribution in [0.25, 0.3) is 22.2 Å². The van der Waals surface area contributed by atoms with Gasteiger partial charge in [-0.3, -0.25) is 0 Å². The third-order valence-corrected chi connectivity index (χ3v) is 8.28. The first-order valence-electron chi connectivity index (χ1n) is 12.8. The molecule has 5 rings (SSSR count). The fraction of sp³-hybridized carbons (Fsp3) is 0.310. The zero-order chi connectivity index (χ0) is 27.8. The summed E-state index contributed by atoms with van der Waals surface area (Å²) in [5.74, 6) is 0.684. The third-order valence-electron chi connectivity index (χ3n) is 6.60. The van der Waals surface area contributed by atoms with Gasteiger partial charge in [0.15, 0.2) is 5.65 Å². The van der Waals surface area contributed by atoms with Crippen LogP contribution in [0.5, 0.6) is 5.75 Å². The van der Waals surface area contributed by atoms with Gasteiger partial charge in [0.05, 0.1) is 17.7 Å². The molecule has 0 aliphatic carbocycles. The molecule has 0 atom stereocenters. The van der Waals surface area contributed by atoms with Crippen LogP contribution in [0, 0.1) is 0 Å². The predicted molar refractivity (Wildman–Crippen MR) is 151 cm³/mol. The summed E-state index contributed by atoms with van der Waals surface area (Å²) < 4.78 is 39.5. The molecule has 10 heteroatoms. The molecule has 0 bridgehead atoms. The molecule has 0 spiro atoms. The van der Waals surface area contributed by atoms with E-state index in [1.165, 1.54) is 3.97 Å². The van der Waals surface area contributed by atoms with Crippen molar-refractivity contribution in [3.63, 3.8) is 0 Å². The maximum atomic E-state index is 13.5. The normalized spacial score (nSPS) is 14.5. The van der Waals surface area contributed by atoms with Crippen molar-refractivity contribution in [2.45, 2.75) is 31.3 Å². The van der Waals surface area contributed by atoms with Crippen LogP contribution in [0.1, 0.15) is 20.8 Å². The SMILES string of the molecule is COc1ccccc1-c1cnc2c(ccn2S(=O)(=O)c2ccccc2)c1N1CCN(C(=O)OC(C)(C)C)CC1. The minimum Gasteiger partial charge on any atom is -0.496 e. The van der Waals surface area contributed by atoms with Gasteiger partial charge in [0.25, 0.3) is 10.0 Å². The number of ether oxygens (including phenoxy) is 2. The average Bonchev–Trinajstić information content (AvgIpc) is 3.37. The van der Waals surface area contributed by atoms with E-state index in [4.69, 9.17) is 9.47 Å². The Morgan fingerprint density at radius 3 is 2.23 bits per heavy atom. The molecule has 204 valence electrons. The summed E-state index contributed by atoms with van der Waals surface area (Å²) in [4.78, 5) is 21.4. The van der Waals surface area contributed by atoms with Crippen molar-refractivity contribution in [2.75, 3.05) is 38.2 Å². The highest BCUT2D eigenvalue weighted by Gasteiger charge is 2.30. The maximum absolute atomic E-state index is 13.5. The molecule has 1 fully saturated rings. The van der Waals surface area contributed by atoms with E-state index in [1.54, 1.807) is 60.8 Å². The predicted octanol–water partition coefficient (Wildman–Crippen LogP) is 5.01. The number of nitrogens with zero attached hydrogens (tertiary/aromatic N) is 4. The van der Waals surface area contributed by atoms with Crippen molar-refractivity contribution in [1.29, 1.82) is 0 Å². The number of fused-ring (bicyclic) bond motifs is 1. The third kappa shape index (κ3) is 5.16. The number of methoxy groups -OCH3 is 1. The number of anilines is 1. The standard InChI is InChI=1S/C29H32N4O5S/c1-29(2,3)38-28(34)32-18-16-31(17-19-32)26-23-14-15-33(39(35,36)21-10-6-5-7-11-21)27(23)30-20-24(26)22-12-8-9-13-25(22)37-4/h5-15,20H,16-19H2,1-4H3. The van der Waals surface area contributed by atoms with Crippen molar-refractivity contribution in [1.82, 2.24) is 13.9 Å². The van der Waals surface area contributed by atoms with Crippen LogP contribution < -0.4 is 9.64 Å². The minimum atomic E-state index is -3.86. The quantitative estimate of drug-likeness (QED) is 0.346. The second kappa shape index (κ2) is 10.3. The van der Waals surface area contributed by atoms with Crippen LogP contribution in [0.2, 0.25) is 0 Å². The van der Waals surface area contributed by atoms with Crippen LogP contribution in [0.15, 0.2) is 78.0 Å². The van der Waals surface area contributed by atoms with Gasteiger partial charge in [0.1, 0.15) is 11.4 Å². The van der Waals surface area contributed by atoms with Gasteiger partial charge >= 0.3 is 6.09 Å². The highest BCUT2D eigenvalue weighted by Crippen LogP contribution is 2.41. The minimum absolute atomic E-state index is 0.186. The van der Waals surface area contributed by atoms with Crippen LogP contribution in [-0.2, 0) is 14.8 Å². The fourth-order valence-corrected chi connectivity index (χ4v) is 6.12. The zero-order valence-corrected chi connectivity index (χ0v) is 23.3. The number of piperazine rings is 1. The van der Waals surface area contributed by atoms with Gasteiger partial charge in [0.2, 0.25) is 0 Å². The molecular formula is C29H32N4O5S. The lowest BCUT2D eigenvalue weighted by Crippen LogP contribution is -2.50. The van der Waals surface area contributed by atoms with E-state index in [2.05, 4.69) is 9.88 Å². The number of carbonyl (C=O) groups excluding carboxylic acids is 1. The Bertz CT molecular complexity index is 1600. The van der Waals surface area contributed by atoms with E-state index in [9.17, 15) is 13.2 Å². The molecule has 2 aromatic carbocycles. The second-order valence-electron chi connectivity index (χ2n) is 10.3. The van der Waals surface area contributed by atoms with E-state index in [0.717, 1.165) is 16.8 Å². The first-order valence-corrected chi connectivity index (χ1v) is 14.2. The largest absolute Gasteiger partial charge is 0.496 e. The molecule has 0 radical (unpaired) electrons. The summed E-state index contributed by atoms with van der Waals surface area (Å²) in [5.41, 5.74) is 2.27. The van der Waals surface area contributed by atoms with Crippen molar-refractivity contribution >= 4 is 32.8 Å². The summed E-state index contributed by atoms with van der Waals surface area (Å²) in [6, 6.07) is 17.8. The molecule has 39 heavy (non-hydrogen) atoms. The van der Waals surface area contributed by atoms with Crippen molar-refractivity contribution in [3.8, 4) is 16.9 Å². The topological polar surface area (TPSA) is 94.0 Å². The molecule has 0 unspecified atom stereocenters. The van der Waals surface area contributed by atoms with Crippen molar-refractivity contribution in [2.24, 2.45) is 0 Å². The number of carbonyl (C=O) groups is 1. The number of para-hydroxylation sites is 1. The average molecular weight is 549 g/mol. The Kier molecular flexibility index (Phi) is 6.98.